The molecule has 0 aliphatic carbocycles. The van der Waals surface area contributed by atoms with Gasteiger partial charge in [0.2, 0.25) is 0 Å². The summed E-state index contributed by atoms with van der Waals surface area (Å²) in [6.45, 7) is 1.71. The van der Waals surface area contributed by atoms with E-state index < -0.39 is 6.43 Å². The quantitative estimate of drug-likeness (QED) is 0.800. The van der Waals surface area contributed by atoms with E-state index in [2.05, 4.69) is 5.10 Å². The Bertz CT molecular complexity index is 564. The van der Waals surface area contributed by atoms with Crippen LogP contribution in [0.2, 0.25) is 0 Å². The van der Waals surface area contributed by atoms with Crippen molar-refractivity contribution >= 4 is 0 Å². The Balaban J connectivity index is 2.42. The first kappa shape index (κ1) is 11.3. The van der Waals surface area contributed by atoms with Crippen molar-refractivity contribution in [3.8, 4) is 11.8 Å². The molecule has 0 saturated carbocycles. The van der Waals surface area contributed by atoms with Crippen molar-refractivity contribution in [2.45, 2.75) is 13.3 Å². The maximum absolute atomic E-state index is 12.5. The van der Waals surface area contributed by atoms with Crippen molar-refractivity contribution in [3.05, 3.63) is 47.3 Å². The summed E-state index contributed by atoms with van der Waals surface area (Å²) in [7, 11) is 0. The van der Waals surface area contributed by atoms with Crippen molar-refractivity contribution in [1.82, 2.24) is 9.78 Å². The molecule has 0 bridgehead atoms. The number of halogens is 2. The highest BCUT2D eigenvalue weighted by Crippen LogP contribution is 2.20. The fourth-order valence-electron chi connectivity index (χ4n) is 1.54. The molecule has 0 unspecified atom stereocenters. The Labute approximate surface area is 96.9 Å². The number of aromatic nitrogens is 2. The maximum atomic E-state index is 12.5. The maximum Gasteiger partial charge on any atom is 0.282 e. The SMILES string of the molecule is Cc1cc(C(F)F)nn1-c1ccc(C#N)cc1. The van der Waals surface area contributed by atoms with E-state index in [-0.39, 0.29) is 5.69 Å². The van der Waals surface area contributed by atoms with E-state index in [0.29, 0.717) is 16.9 Å². The third kappa shape index (κ3) is 2.16. The predicted octanol–water partition coefficient (Wildman–Crippen LogP) is 2.99. The lowest BCUT2D eigenvalue weighted by molar-refractivity contribution is 0.145. The molecule has 2 aromatic rings. The monoisotopic (exact) mass is 233 g/mol. The molecule has 0 fully saturated rings. The van der Waals surface area contributed by atoms with Gasteiger partial charge in [0.1, 0.15) is 5.69 Å². The van der Waals surface area contributed by atoms with Gasteiger partial charge in [-0.25, -0.2) is 13.5 Å². The average molecular weight is 233 g/mol. The highest BCUT2D eigenvalue weighted by molar-refractivity contribution is 5.40. The summed E-state index contributed by atoms with van der Waals surface area (Å²) in [6.07, 6.45) is -2.58. The largest absolute Gasteiger partial charge is 0.282 e. The lowest BCUT2D eigenvalue weighted by atomic mass is 10.2. The Morgan fingerprint density at radius 3 is 2.41 bits per heavy atom. The zero-order chi connectivity index (χ0) is 12.4. The molecule has 2 rings (SSSR count). The highest BCUT2D eigenvalue weighted by atomic mass is 19.3. The third-order valence-electron chi connectivity index (χ3n) is 2.37. The van der Waals surface area contributed by atoms with E-state index in [0.717, 1.165) is 0 Å². The van der Waals surface area contributed by atoms with Gasteiger partial charge in [-0.2, -0.15) is 10.4 Å². The molecule has 0 radical (unpaired) electrons. The van der Waals surface area contributed by atoms with E-state index >= 15 is 0 Å². The topological polar surface area (TPSA) is 41.6 Å². The van der Waals surface area contributed by atoms with Crippen molar-refractivity contribution in [2.75, 3.05) is 0 Å². The van der Waals surface area contributed by atoms with E-state index in [1.54, 1.807) is 31.2 Å². The van der Waals surface area contributed by atoms with Crippen LogP contribution in [-0.2, 0) is 0 Å². The van der Waals surface area contributed by atoms with Gasteiger partial charge >= 0.3 is 0 Å². The summed E-state index contributed by atoms with van der Waals surface area (Å²) < 4.78 is 26.4. The minimum Gasteiger partial charge on any atom is -0.238 e. The number of alkyl halides is 2. The number of aryl methyl sites for hydroxylation is 1. The van der Waals surface area contributed by atoms with Gasteiger partial charge in [-0.3, -0.25) is 0 Å². The van der Waals surface area contributed by atoms with Crippen LogP contribution in [0.5, 0.6) is 0 Å². The van der Waals surface area contributed by atoms with Gasteiger partial charge in [-0.1, -0.05) is 0 Å². The smallest absolute Gasteiger partial charge is 0.238 e. The number of hydrogen-bond acceptors (Lipinski definition) is 2. The average Bonchev–Trinajstić information content (AvgIpc) is 2.72. The van der Waals surface area contributed by atoms with Crippen molar-refractivity contribution < 1.29 is 8.78 Å². The van der Waals surface area contributed by atoms with Gasteiger partial charge < -0.3 is 0 Å². The second-order valence-corrected chi connectivity index (χ2v) is 3.58. The summed E-state index contributed by atoms with van der Waals surface area (Å²) in [5.41, 5.74) is 1.57. The van der Waals surface area contributed by atoms with E-state index in [9.17, 15) is 8.78 Å². The Kier molecular flexibility index (Phi) is 2.88. The van der Waals surface area contributed by atoms with Gasteiger partial charge in [0.25, 0.3) is 6.43 Å². The van der Waals surface area contributed by atoms with Crippen LogP contribution < -0.4 is 0 Å². The zero-order valence-electron chi connectivity index (χ0n) is 9.06. The number of rotatable bonds is 2. The Hall–Kier alpha value is -2.22. The zero-order valence-corrected chi connectivity index (χ0v) is 9.06. The molecule has 0 aliphatic rings. The Morgan fingerprint density at radius 1 is 1.29 bits per heavy atom. The number of nitrogens with zero attached hydrogens (tertiary/aromatic N) is 3. The lowest BCUT2D eigenvalue weighted by Gasteiger charge is -2.03. The third-order valence-corrected chi connectivity index (χ3v) is 2.37. The standard InChI is InChI=1S/C12H9F2N3/c1-8-6-11(12(13)14)16-17(8)10-4-2-9(7-15)3-5-10/h2-6,12H,1H3. The Morgan fingerprint density at radius 2 is 1.94 bits per heavy atom. The minimum absolute atomic E-state index is 0.244. The second-order valence-electron chi connectivity index (χ2n) is 3.58. The van der Waals surface area contributed by atoms with E-state index in [1.807, 2.05) is 6.07 Å². The molecule has 0 aliphatic heterocycles. The van der Waals surface area contributed by atoms with Crippen LogP contribution in [-0.4, -0.2) is 9.78 Å². The summed E-state index contributed by atoms with van der Waals surface area (Å²) in [5, 5.41) is 12.5. The number of nitriles is 1. The van der Waals surface area contributed by atoms with Crippen LogP contribution in [0.25, 0.3) is 5.69 Å². The summed E-state index contributed by atoms with van der Waals surface area (Å²) in [5.74, 6) is 0. The molecule has 0 saturated heterocycles. The minimum atomic E-state index is -2.58. The van der Waals surface area contributed by atoms with Crippen molar-refractivity contribution in [2.24, 2.45) is 0 Å². The molecule has 3 nitrogen and oxygen atoms in total. The predicted molar refractivity (Wildman–Crippen MR) is 58.0 cm³/mol. The molecule has 5 heteroatoms. The molecular formula is C12H9F2N3. The van der Waals surface area contributed by atoms with E-state index in [4.69, 9.17) is 5.26 Å². The molecule has 1 heterocycles. The van der Waals surface area contributed by atoms with Gasteiger partial charge in [0.15, 0.2) is 0 Å². The molecule has 0 N–H and O–H groups in total. The first-order chi connectivity index (χ1) is 8.11. The van der Waals surface area contributed by atoms with Gasteiger partial charge in [0, 0.05) is 5.69 Å². The second kappa shape index (κ2) is 4.34. The van der Waals surface area contributed by atoms with Crippen LogP contribution in [0, 0.1) is 18.3 Å². The molecule has 86 valence electrons. The molecule has 1 aromatic carbocycles. The molecular weight excluding hydrogens is 224 g/mol. The molecule has 0 atom stereocenters. The highest BCUT2D eigenvalue weighted by Gasteiger charge is 2.14. The van der Waals surface area contributed by atoms with E-state index in [1.165, 1.54) is 10.7 Å². The fraction of sp³-hybridized carbons (Fsp3) is 0.167. The van der Waals surface area contributed by atoms with Crippen LogP contribution in [0.1, 0.15) is 23.4 Å². The van der Waals surface area contributed by atoms with Gasteiger partial charge in [-0.05, 0) is 37.3 Å². The van der Waals surface area contributed by atoms with Crippen molar-refractivity contribution in [1.29, 1.82) is 5.26 Å². The van der Waals surface area contributed by atoms with Crippen LogP contribution in [0.15, 0.2) is 30.3 Å². The first-order valence-electron chi connectivity index (χ1n) is 4.97. The normalized spacial score (nSPS) is 10.5. The van der Waals surface area contributed by atoms with Gasteiger partial charge in [0.05, 0.1) is 17.3 Å². The fourth-order valence-corrected chi connectivity index (χ4v) is 1.54. The molecule has 0 spiro atoms. The van der Waals surface area contributed by atoms with Crippen LogP contribution in [0.4, 0.5) is 8.78 Å². The van der Waals surface area contributed by atoms with Crippen molar-refractivity contribution in [3.63, 3.8) is 0 Å². The summed E-state index contributed by atoms with van der Waals surface area (Å²) in [6, 6.07) is 9.94. The summed E-state index contributed by atoms with van der Waals surface area (Å²) in [4.78, 5) is 0. The molecule has 17 heavy (non-hydrogen) atoms. The molecule has 1 aromatic heterocycles. The van der Waals surface area contributed by atoms with Crippen LogP contribution >= 0.6 is 0 Å². The lowest BCUT2D eigenvalue weighted by Crippen LogP contribution is -1.99. The number of hydrogen-bond donors (Lipinski definition) is 0. The first-order valence-corrected chi connectivity index (χ1v) is 4.97. The molecule has 0 amide bonds. The number of benzene rings is 1. The van der Waals surface area contributed by atoms with Gasteiger partial charge in [-0.15, -0.1) is 0 Å². The van der Waals surface area contributed by atoms with Crippen LogP contribution in [0.3, 0.4) is 0 Å². The summed E-state index contributed by atoms with van der Waals surface area (Å²) >= 11 is 0.